The first-order valence-corrected chi connectivity index (χ1v) is 17.9. The van der Waals surface area contributed by atoms with Crippen molar-refractivity contribution in [2.24, 2.45) is 5.41 Å². The lowest BCUT2D eigenvalue weighted by Crippen LogP contribution is -2.60. The zero-order chi connectivity index (χ0) is 35.5. The fourth-order valence-corrected chi connectivity index (χ4v) is 7.19. The van der Waals surface area contributed by atoms with E-state index in [4.69, 9.17) is 23.8 Å². The highest BCUT2D eigenvalue weighted by Gasteiger charge is 2.53. The van der Waals surface area contributed by atoms with Crippen molar-refractivity contribution in [3.05, 3.63) is 34.2 Å². The van der Waals surface area contributed by atoms with Crippen molar-refractivity contribution in [3.8, 4) is 11.3 Å². The molecule has 3 aromatic rings. The molecule has 0 radical (unpaired) electrons. The molecule has 12 nitrogen and oxygen atoms in total. The number of hydrogen-bond acceptors (Lipinski definition) is 10. The number of nitrogens with zero attached hydrogens (tertiary/aromatic N) is 2. The van der Waals surface area contributed by atoms with E-state index in [0.717, 1.165) is 33.3 Å². The van der Waals surface area contributed by atoms with Crippen molar-refractivity contribution >= 4 is 52.9 Å². The van der Waals surface area contributed by atoms with Crippen LogP contribution in [-0.2, 0) is 41.2 Å². The number of aromatic nitrogens is 2. The molecule has 3 aliphatic heterocycles. The van der Waals surface area contributed by atoms with Crippen molar-refractivity contribution < 1.29 is 33.2 Å². The zero-order valence-corrected chi connectivity index (χ0v) is 30.8. The van der Waals surface area contributed by atoms with E-state index >= 15 is 0 Å². The van der Waals surface area contributed by atoms with Crippen LogP contribution in [-0.4, -0.2) is 82.1 Å². The van der Waals surface area contributed by atoms with Crippen LogP contribution in [0.2, 0.25) is 0 Å². The molecule has 5 heterocycles. The van der Waals surface area contributed by atoms with Gasteiger partial charge >= 0.3 is 19.2 Å². The highest BCUT2D eigenvalue weighted by atomic mass is 32.1. The molecule has 264 valence electrons. The number of rotatable bonds is 2. The molecule has 0 aliphatic carbocycles. The molecule has 2 fully saturated rings. The second kappa shape index (κ2) is 12.7. The van der Waals surface area contributed by atoms with Gasteiger partial charge < -0.3 is 29.1 Å². The van der Waals surface area contributed by atoms with Crippen LogP contribution in [0.1, 0.15) is 85.7 Å². The van der Waals surface area contributed by atoms with Gasteiger partial charge in [0.15, 0.2) is 0 Å². The third-order valence-corrected chi connectivity index (χ3v) is 10.5. The number of carbonyl (C=O) groups excluding carboxylic acids is 3. The molecule has 3 aliphatic rings. The topological polar surface area (TPSA) is 144 Å². The molecule has 0 spiro atoms. The maximum Gasteiger partial charge on any atom is 0.512 e. The Kier molecular flexibility index (Phi) is 9.17. The molecule has 3 N–H and O–H groups in total. The van der Waals surface area contributed by atoms with Crippen molar-refractivity contribution in [1.82, 2.24) is 25.7 Å². The minimum Gasteiger partial charge on any atom is -0.464 e. The van der Waals surface area contributed by atoms with E-state index in [2.05, 4.69) is 35.6 Å². The van der Waals surface area contributed by atoms with Crippen molar-refractivity contribution in [2.45, 2.75) is 117 Å². The first-order chi connectivity index (χ1) is 22.8. The lowest BCUT2D eigenvalue weighted by molar-refractivity contribution is -0.155. The smallest absolute Gasteiger partial charge is 0.464 e. The van der Waals surface area contributed by atoms with E-state index in [1.165, 1.54) is 16.3 Å². The summed E-state index contributed by atoms with van der Waals surface area (Å²) in [5.41, 5.74) is 5.29. The highest BCUT2D eigenvalue weighted by Crippen LogP contribution is 2.38. The normalized spacial score (nSPS) is 24.0. The molecular weight excluding hydrogens is 645 g/mol. The number of thiazole rings is 1. The lowest BCUT2D eigenvalue weighted by atomic mass is 9.76. The van der Waals surface area contributed by atoms with Gasteiger partial charge in [0.1, 0.15) is 17.7 Å². The van der Waals surface area contributed by atoms with Gasteiger partial charge in [-0.2, -0.15) is 0 Å². The van der Waals surface area contributed by atoms with Crippen LogP contribution in [0, 0.1) is 5.41 Å². The number of alkyl carbamates (subject to hydrolysis) is 1. The third-order valence-electron chi connectivity index (χ3n) is 9.64. The number of hydrogen-bond donors (Lipinski definition) is 3. The fourth-order valence-electron chi connectivity index (χ4n) is 6.34. The van der Waals surface area contributed by atoms with Crippen molar-refractivity contribution in [3.63, 3.8) is 0 Å². The van der Waals surface area contributed by atoms with Gasteiger partial charge in [0.05, 0.1) is 28.5 Å². The number of nitrogens with one attached hydrogen (secondary N) is 3. The zero-order valence-electron chi connectivity index (χ0n) is 29.9. The van der Waals surface area contributed by atoms with Gasteiger partial charge in [-0.25, -0.2) is 15.2 Å². The number of esters is 1. The van der Waals surface area contributed by atoms with Gasteiger partial charge in [-0.05, 0) is 85.4 Å². The van der Waals surface area contributed by atoms with Gasteiger partial charge in [0.25, 0.3) is 5.91 Å². The molecule has 2 amide bonds. The van der Waals surface area contributed by atoms with Crippen LogP contribution >= 0.6 is 11.3 Å². The number of fused-ring (bicyclic) bond motifs is 6. The number of cyclic esters (lactones) is 1. The summed E-state index contributed by atoms with van der Waals surface area (Å²) in [6.07, 6.45) is 1.12. The number of benzene rings is 1. The average Bonchev–Trinajstić information content (AvgIpc) is 3.67. The van der Waals surface area contributed by atoms with Crippen molar-refractivity contribution in [1.29, 1.82) is 0 Å². The quantitative estimate of drug-likeness (QED) is 0.258. The van der Waals surface area contributed by atoms with Crippen molar-refractivity contribution in [2.75, 3.05) is 13.2 Å². The fraction of sp³-hybridized carbons (Fsp3) is 0.600. The first-order valence-electron chi connectivity index (χ1n) is 17.0. The SMILES string of the molecule is CC1(C)COC(=O)[C@@H]2CCCN(N2)C(=O)[C@@H](NC(=O)OC(C)(C)C)Cc2nc(cs2)-c2ccc3[nH]c(B4OC(C)(C)C(C)(C)O4)c(c3c2)C1. The number of hydrazine groups is 1. The molecule has 0 unspecified atom stereocenters. The summed E-state index contributed by atoms with van der Waals surface area (Å²) in [5, 5.41) is 7.81. The molecule has 14 heteroatoms. The molecule has 2 atom stereocenters. The van der Waals surface area contributed by atoms with Gasteiger partial charge in [0, 0.05) is 45.8 Å². The van der Waals surface area contributed by atoms with Crippen LogP contribution in [0.25, 0.3) is 22.2 Å². The van der Waals surface area contributed by atoms with Crippen LogP contribution in [0.4, 0.5) is 4.79 Å². The number of aromatic amines is 1. The van der Waals surface area contributed by atoms with Gasteiger partial charge in [0.2, 0.25) is 0 Å². The lowest BCUT2D eigenvalue weighted by Gasteiger charge is -2.35. The average molecular weight is 694 g/mol. The molecule has 2 aromatic heterocycles. The number of ether oxygens (including phenoxy) is 2. The Morgan fingerprint density at radius 3 is 2.53 bits per heavy atom. The maximum atomic E-state index is 13.9. The molecule has 6 rings (SSSR count). The molecular formula is C35H48BN5O7S. The summed E-state index contributed by atoms with van der Waals surface area (Å²) in [4.78, 5) is 48.8. The number of carbonyl (C=O) groups is 3. The summed E-state index contributed by atoms with van der Waals surface area (Å²) in [6, 6.07) is 4.47. The Hall–Kier alpha value is -3.46. The van der Waals surface area contributed by atoms with Gasteiger partial charge in [-0.1, -0.05) is 19.9 Å². The van der Waals surface area contributed by atoms with Gasteiger partial charge in [-0.3, -0.25) is 14.6 Å². The Morgan fingerprint density at radius 2 is 1.84 bits per heavy atom. The van der Waals surface area contributed by atoms with Crippen LogP contribution in [0.15, 0.2) is 23.6 Å². The van der Waals surface area contributed by atoms with Crippen LogP contribution in [0.5, 0.6) is 0 Å². The Balaban J connectivity index is 1.41. The third kappa shape index (κ3) is 7.52. The molecule has 49 heavy (non-hydrogen) atoms. The van der Waals surface area contributed by atoms with Gasteiger partial charge in [-0.15, -0.1) is 11.3 Å². The standard InChI is InChI=1S/C35H48BN5O7S/c1-32(2,3)46-31(44)39-25-16-27-37-26(18-49-27)20-12-13-23-21(15-20)22(28(38-23)36-47-34(6,7)35(8,9)48-36)17-33(4,5)19-45-30(43)24-11-10-14-41(40-24)29(25)42/h12-13,15,18,24-25,38,40H,10-11,14,16-17,19H2,1-9H3,(H,39,44)/t24-,25-/m0/s1. The minimum absolute atomic E-state index is 0.147. The van der Waals surface area contributed by atoms with E-state index in [-0.39, 0.29) is 18.9 Å². The molecule has 6 bridgehead atoms. The summed E-state index contributed by atoms with van der Waals surface area (Å²) < 4.78 is 24.4. The Labute approximate surface area is 292 Å². The van der Waals surface area contributed by atoms with Crippen LogP contribution < -0.4 is 16.3 Å². The maximum absolute atomic E-state index is 13.9. The summed E-state index contributed by atoms with van der Waals surface area (Å²) in [7, 11) is -0.609. The molecule has 1 aromatic carbocycles. The first kappa shape index (κ1) is 35.4. The second-order valence-corrected chi connectivity index (χ2v) is 17.1. The number of amides is 2. The van der Waals surface area contributed by atoms with E-state index in [9.17, 15) is 14.4 Å². The summed E-state index contributed by atoms with van der Waals surface area (Å²) in [5.74, 6) is -0.810. The number of H-pyrrole nitrogens is 1. The van der Waals surface area contributed by atoms with E-state index in [1.54, 1.807) is 20.8 Å². The van der Waals surface area contributed by atoms with E-state index in [1.807, 2.05) is 45.2 Å². The Morgan fingerprint density at radius 1 is 1.12 bits per heavy atom. The van der Waals surface area contributed by atoms with E-state index < -0.39 is 53.5 Å². The predicted molar refractivity (Wildman–Crippen MR) is 188 cm³/mol. The van der Waals surface area contributed by atoms with E-state index in [0.29, 0.717) is 30.8 Å². The highest BCUT2D eigenvalue weighted by molar-refractivity contribution is 7.10. The largest absolute Gasteiger partial charge is 0.512 e. The predicted octanol–water partition coefficient (Wildman–Crippen LogP) is 4.65. The second-order valence-electron chi connectivity index (χ2n) is 16.2. The molecule has 0 saturated carbocycles. The summed E-state index contributed by atoms with van der Waals surface area (Å²) in [6.45, 7) is 18.1. The monoisotopic (exact) mass is 693 g/mol. The van der Waals surface area contributed by atoms with Crippen LogP contribution in [0.3, 0.4) is 0 Å². The molecule has 2 saturated heterocycles. The summed E-state index contributed by atoms with van der Waals surface area (Å²) >= 11 is 1.42. The minimum atomic E-state index is -0.977. The Bertz CT molecular complexity index is 1740.